The summed E-state index contributed by atoms with van der Waals surface area (Å²) in [5.74, 6) is -0.688. The molecule has 0 fully saturated rings. The normalized spacial score (nSPS) is 18.0. The summed E-state index contributed by atoms with van der Waals surface area (Å²) in [6.07, 6.45) is -5.41. The van der Waals surface area contributed by atoms with Crippen LogP contribution in [0.4, 0.5) is 23.7 Å². The summed E-state index contributed by atoms with van der Waals surface area (Å²) in [6.45, 7) is 1.57. The average molecular weight is 322 g/mol. The summed E-state index contributed by atoms with van der Waals surface area (Å²) in [6, 6.07) is 2.26. The highest BCUT2D eigenvalue weighted by molar-refractivity contribution is 6.30. The van der Waals surface area contributed by atoms with E-state index in [2.05, 4.69) is 4.74 Å². The summed E-state index contributed by atoms with van der Waals surface area (Å²) in [7, 11) is 0. The summed E-state index contributed by atoms with van der Waals surface area (Å²) in [5.41, 5.74) is 0.697. The first-order valence-corrected chi connectivity index (χ1v) is 6.37. The van der Waals surface area contributed by atoms with E-state index in [0.29, 0.717) is 16.3 Å². The van der Waals surface area contributed by atoms with Crippen molar-refractivity contribution in [3.05, 3.63) is 34.5 Å². The van der Waals surface area contributed by atoms with Gasteiger partial charge in [0, 0.05) is 22.8 Å². The van der Waals surface area contributed by atoms with E-state index in [1.54, 1.807) is 6.92 Å². The minimum atomic E-state index is -4.67. The molecule has 21 heavy (non-hydrogen) atoms. The number of alkyl halides is 3. The number of benzene rings is 1. The maximum atomic E-state index is 13.3. The second-order valence-corrected chi connectivity index (χ2v) is 4.78. The number of hydrogen-bond donors (Lipinski definition) is 1. The van der Waals surface area contributed by atoms with Crippen LogP contribution in [0.25, 0.3) is 6.08 Å². The Bertz CT molecular complexity index is 601. The van der Waals surface area contributed by atoms with Crippen LogP contribution in [0.5, 0.6) is 0 Å². The summed E-state index contributed by atoms with van der Waals surface area (Å²) >= 11 is 5.82. The van der Waals surface area contributed by atoms with Crippen LogP contribution in [-0.2, 0) is 4.74 Å². The topological polar surface area (TPSA) is 49.8 Å². The number of halogens is 4. The number of carboxylic acid groups (broad SMARTS) is 1. The molecule has 0 radical (unpaired) electrons. The van der Waals surface area contributed by atoms with Crippen LogP contribution in [-0.4, -0.2) is 30.0 Å². The monoisotopic (exact) mass is 321 g/mol. The molecule has 1 N–H and O–H groups in total. The first-order valence-electron chi connectivity index (χ1n) is 5.99. The van der Waals surface area contributed by atoms with E-state index in [-0.39, 0.29) is 6.54 Å². The first kappa shape index (κ1) is 15.5. The molecule has 1 aliphatic rings. The van der Waals surface area contributed by atoms with E-state index in [4.69, 9.17) is 16.7 Å². The Morgan fingerprint density at radius 3 is 2.67 bits per heavy atom. The molecule has 114 valence electrons. The third-order valence-corrected chi connectivity index (χ3v) is 3.27. The quantitative estimate of drug-likeness (QED) is 0.831. The largest absolute Gasteiger partial charge is 0.511 e. The van der Waals surface area contributed by atoms with E-state index < -0.39 is 24.1 Å². The van der Waals surface area contributed by atoms with Crippen LogP contribution in [0.15, 0.2) is 24.0 Å². The molecule has 4 nitrogen and oxygen atoms in total. The number of nitrogens with zero attached hydrogens (tertiary/aromatic N) is 1. The highest BCUT2D eigenvalue weighted by atomic mass is 35.5. The Morgan fingerprint density at radius 1 is 1.48 bits per heavy atom. The van der Waals surface area contributed by atoms with Crippen molar-refractivity contribution < 1.29 is 27.8 Å². The molecule has 0 saturated carbocycles. The number of rotatable bonds is 2. The number of carbonyl (C=O) groups is 1. The van der Waals surface area contributed by atoms with Gasteiger partial charge >= 0.3 is 12.3 Å². The van der Waals surface area contributed by atoms with Gasteiger partial charge in [-0.1, -0.05) is 11.6 Å². The van der Waals surface area contributed by atoms with Crippen molar-refractivity contribution in [2.45, 2.75) is 19.1 Å². The van der Waals surface area contributed by atoms with Crippen molar-refractivity contribution in [2.75, 3.05) is 11.4 Å². The summed E-state index contributed by atoms with van der Waals surface area (Å²) < 4.78 is 44.1. The molecule has 8 heteroatoms. The molecular formula is C13H11ClF3NO3. The van der Waals surface area contributed by atoms with Gasteiger partial charge in [0.2, 0.25) is 0 Å². The van der Waals surface area contributed by atoms with Gasteiger partial charge in [-0.25, -0.2) is 4.79 Å². The Labute approximate surface area is 123 Å². The van der Waals surface area contributed by atoms with Crippen LogP contribution in [0.1, 0.15) is 12.5 Å². The molecule has 0 saturated heterocycles. The van der Waals surface area contributed by atoms with Crippen molar-refractivity contribution in [3.8, 4) is 0 Å². The highest BCUT2D eigenvalue weighted by Gasteiger charge is 2.49. The SMILES string of the molecule is CCN1c2ccc(Cl)cc2C=C(OC(=O)O)C1C(F)(F)F. The van der Waals surface area contributed by atoms with Crippen molar-refractivity contribution in [1.29, 1.82) is 0 Å². The van der Waals surface area contributed by atoms with Gasteiger partial charge in [-0.05, 0) is 31.2 Å². The van der Waals surface area contributed by atoms with Gasteiger partial charge in [0.15, 0.2) is 6.04 Å². The highest BCUT2D eigenvalue weighted by Crippen LogP contribution is 2.41. The molecule has 0 aliphatic carbocycles. The average Bonchev–Trinajstić information content (AvgIpc) is 2.34. The molecule has 0 aromatic heterocycles. The van der Waals surface area contributed by atoms with Gasteiger partial charge in [-0.2, -0.15) is 13.2 Å². The predicted octanol–water partition coefficient (Wildman–Crippen LogP) is 4.15. The fourth-order valence-corrected chi connectivity index (χ4v) is 2.48. The Balaban J connectivity index is 2.60. The fourth-order valence-electron chi connectivity index (χ4n) is 2.30. The molecule has 0 bridgehead atoms. The lowest BCUT2D eigenvalue weighted by Crippen LogP contribution is -2.49. The number of anilines is 1. The minimum absolute atomic E-state index is 0.0269. The summed E-state index contributed by atoms with van der Waals surface area (Å²) in [5, 5.41) is 8.97. The zero-order valence-electron chi connectivity index (χ0n) is 10.8. The number of ether oxygens (including phenoxy) is 1. The van der Waals surface area contributed by atoms with Crippen LogP contribution in [0.3, 0.4) is 0 Å². The third-order valence-electron chi connectivity index (χ3n) is 3.03. The number of likely N-dealkylation sites (N-methyl/N-ethyl adjacent to an activating group) is 1. The molecule has 1 unspecified atom stereocenters. The van der Waals surface area contributed by atoms with Gasteiger partial charge < -0.3 is 14.7 Å². The minimum Gasteiger partial charge on any atom is -0.449 e. The maximum Gasteiger partial charge on any atom is 0.511 e. The molecule has 2 rings (SSSR count). The molecule has 1 heterocycles. The predicted molar refractivity (Wildman–Crippen MR) is 71.4 cm³/mol. The van der Waals surface area contributed by atoms with E-state index >= 15 is 0 Å². The molecule has 1 aromatic rings. The zero-order chi connectivity index (χ0) is 15.8. The van der Waals surface area contributed by atoms with E-state index in [0.717, 1.165) is 11.0 Å². The van der Waals surface area contributed by atoms with Gasteiger partial charge in [0.1, 0.15) is 5.76 Å². The third kappa shape index (κ3) is 3.07. The van der Waals surface area contributed by atoms with Gasteiger partial charge in [0.25, 0.3) is 0 Å². The van der Waals surface area contributed by atoms with E-state index in [1.807, 2.05) is 0 Å². The lowest BCUT2D eigenvalue weighted by atomic mass is 10.0. The van der Waals surface area contributed by atoms with Crippen molar-refractivity contribution >= 4 is 29.5 Å². The van der Waals surface area contributed by atoms with Crippen LogP contribution in [0.2, 0.25) is 5.02 Å². The first-order chi connectivity index (χ1) is 9.74. The zero-order valence-corrected chi connectivity index (χ0v) is 11.6. The van der Waals surface area contributed by atoms with Crippen molar-refractivity contribution in [2.24, 2.45) is 0 Å². The maximum absolute atomic E-state index is 13.3. The lowest BCUT2D eigenvalue weighted by molar-refractivity contribution is -0.146. The van der Waals surface area contributed by atoms with Gasteiger partial charge in [-0.15, -0.1) is 0 Å². The second-order valence-electron chi connectivity index (χ2n) is 4.35. The van der Waals surface area contributed by atoms with Crippen LogP contribution >= 0.6 is 11.6 Å². The van der Waals surface area contributed by atoms with E-state index in [1.165, 1.54) is 18.2 Å². The lowest BCUT2D eigenvalue weighted by Gasteiger charge is -2.38. The molecule has 1 atom stereocenters. The standard InChI is InChI=1S/C13H11ClF3NO3/c1-2-18-9-4-3-8(14)5-7(9)6-10(21-12(19)20)11(18)13(15,16)17/h3-6,11H,2H2,1H3,(H,19,20). The smallest absolute Gasteiger partial charge is 0.449 e. The van der Waals surface area contributed by atoms with Crippen molar-refractivity contribution in [3.63, 3.8) is 0 Å². The summed E-state index contributed by atoms with van der Waals surface area (Å²) in [4.78, 5) is 11.7. The molecule has 0 spiro atoms. The van der Waals surface area contributed by atoms with Crippen LogP contribution in [0, 0.1) is 0 Å². The molecule has 1 aliphatic heterocycles. The molecular weight excluding hydrogens is 311 g/mol. The van der Waals surface area contributed by atoms with Gasteiger partial charge in [-0.3, -0.25) is 0 Å². The molecule has 1 aromatic carbocycles. The van der Waals surface area contributed by atoms with Crippen LogP contribution < -0.4 is 4.90 Å². The van der Waals surface area contributed by atoms with E-state index in [9.17, 15) is 18.0 Å². The van der Waals surface area contributed by atoms with Gasteiger partial charge in [0.05, 0.1) is 0 Å². The second kappa shape index (κ2) is 5.48. The fraction of sp³-hybridized carbons (Fsp3) is 0.308. The Morgan fingerprint density at radius 2 is 2.14 bits per heavy atom. The molecule has 0 amide bonds. The Hall–Kier alpha value is -1.89. The van der Waals surface area contributed by atoms with Crippen molar-refractivity contribution in [1.82, 2.24) is 0 Å². The number of fused-ring (bicyclic) bond motifs is 1. The Kier molecular flexibility index (Phi) is 4.04. The number of hydrogen-bond acceptors (Lipinski definition) is 3.